The molecule has 0 aliphatic carbocycles. The van der Waals surface area contributed by atoms with Crippen molar-refractivity contribution in [2.24, 2.45) is 0 Å². The number of benzene rings is 1. The van der Waals surface area contributed by atoms with E-state index >= 15 is 0 Å². The van der Waals surface area contributed by atoms with Gasteiger partial charge in [-0.05, 0) is 23.6 Å². The average molecular weight is 297 g/mol. The highest BCUT2D eigenvalue weighted by Gasteiger charge is 2.27. The minimum absolute atomic E-state index is 0.178. The van der Waals surface area contributed by atoms with Gasteiger partial charge in [0.25, 0.3) is 10.0 Å². The molecule has 0 unspecified atom stereocenters. The lowest BCUT2D eigenvalue weighted by Gasteiger charge is -2.19. The SMILES string of the molecule is CN(c1ccccc1)S(=O)(=O)c1ccsc1C(=O)O. The van der Waals surface area contributed by atoms with Crippen molar-refractivity contribution >= 4 is 33.0 Å². The van der Waals surface area contributed by atoms with E-state index in [0.29, 0.717) is 5.69 Å². The fourth-order valence-electron chi connectivity index (χ4n) is 1.58. The van der Waals surface area contributed by atoms with Crippen molar-refractivity contribution in [2.45, 2.75) is 4.90 Å². The highest BCUT2D eigenvalue weighted by molar-refractivity contribution is 7.93. The van der Waals surface area contributed by atoms with E-state index < -0.39 is 16.0 Å². The first-order valence-electron chi connectivity index (χ1n) is 5.29. The molecule has 0 saturated carbocycles. The Hall–Kier alpha value is -1.86. The Morgan fingerprint density at radius 3 is 2.42 bits per heavy atom. The molecule has 7 heteroatoms. The molecule has 2 aromatic rings. The first kappa shape index (κ1) is 13.6. The molecule has 1 aromatic carbocycles. The van der Waals surface area contributed by atoms with Crippen LogP contribution in [-0.2, 0) is 10.0 Å². The summed E-state index contributed by atoms with van der Waals surface area (Å²) in [7, 11) is -2.46. The number of nitrogens with zero attached hydrogens (tertiary/aromatic N) is 1. The van der Waals surface area contributed by atoms with E-state index in [1.54, 1.807) is 30.3 Å². The smallest absolute Gasteiger partial charge is 0.347 e. The monoisotopic (exact) mass is 297 g/mol. The Bertz CT molecular complexity index is 692. The molecule has 0 saturated heterocycles. The molecule has 0 aliphatic heterocycles. The number of hydrogen-bond acceptors (Lipinski definition) is 4. The number of para-hydroxylation sites is 1. The molecule has 0 bridgehead atoms. The molecule has 0 atom stereocenters. The highest BCUT2D eigenvalue weighted by atomic mass is 32.2. The zero-order valence-electron chi connectivity index (χ0n) is 9.98. The molecule has 1 N–H and O–H groups in total. The predicted octanol–water partition coefficient (Wildman–Crippen LogP) is 2.27. The van der Waals surface area contributed by atoms with Crippen molar-refractivity contribution in [1.82, 2.24) is 0 Å². The first-order valence-corrected chi connectivity index (χ1v) is 7.61. The van der Waals surface area contributed by atoms with Crippen molar-refractivity contribution in [1.29, 1.82) is 0 Å². The number of sulfonamides is 1. The van der Waals surface area contributed by atoms with Crippen molar-refractivity contribution in [2.75, 3.05) is 11.4 Å². The molecule has 0 aliphatic rings. The van der Waals surface area contributed by atoms with Crippen LogP contribution in [0.5, 0.6) is 0 Å². The van der Waals surface area contributed by atoms with Gasteiger partial charge in [-0.3, -0.25) is 4.31 Å². The fraction of sp³-hybridized carbons (Fsp3) is 0.0833. The zero-order valence-corrected chi connectivity index (χ0v) is 11.6. The summed E-state index contributed by atoms with van der Waals surface area (Å²) < 4.78 is 25.8. The molecule has 0 spiro atoms. The molecular formula is C12H11NO4S2. The van der Waals surface area contributed by atoms with Crippen LogP contribution < -0.4 is 4.31 Å². The number of carboxylic acid groups (broad SMARTS) is 1. The van der Waals surface area contributed by atoms with Gasteiger partial charge in [-0.2, -0.15) is 0 Å². The Balaban J connectivity index is 2.49. The van der Waals surface area contributed by atoms with E-state index in [-0.39, 0.29) is 9.77 Å². The maximum atomic E-state index is 12.4. The lowest BCUT2D eigenvalue weighted by atomic mass is 10.3. The molecule has 0 radical (unpaired) electrons. The maximum Gasteiger partial charge on any atom is 0.347 e. The number of aromatic carboxylic acids is 1. The van der Waals surface area contributed by atoms with Crippen LogP contribution in [0.25, 0.3) is 0 Å². The quantitative estimate of drug-likeness (QED) is 0.939. The van der Waals surface area contributed by atoms with Gasteiger partial charge in [0.2, 0.25) is 0 Å². The normalized spacial score (nSPS) is 11.2. The summed E-state index contributed by atoms with van der Waals surface area (Å²) in [5, 5.41) is 10.5. The molecule has 19 heavy (non-hydrogen) atoms. The van der Waals surface area contributed by atoms with E-state index in [2.05, 4.69) is 0 Å². The topological polar surface area (TPSA) is 74.7 Å². The number of anilines is 1. The Kier molecular flexibility index (Phi) is 3.59. The van der Waals surface area contributed by atoms with Crippen molar-refractivity contribution in [3.05, 3.63) is 46.7 Å². The minimum atomic E-state index is -3.86. The standard InChI is InChI=1S/C12H11NO4S2/c1-13(9-5-3-2-4-6-9)19(16,17)10-7-8-18-11(10)12(14)15/h2-8H,1H3,(H,14,15). The second-order valence-corrected chi connectivity index (χ2v) is 6.58. The Morgan fingerprint density at radius 1 is 1.21 bits per heavy atom. The van der Waals surface area contributed by atoms with E-state index in [1.807, 2.05) is 0 Å². The van der Waals surface area contributed by atoms with Gasteiger partial charge in [-0.15, -0.1) is 11.3 Å². The number of hydrogen-bond donors (Lipinski definition) is 1. The van der Waals surface area contributed by atoms with Gasteiger partial charge < -0.3 is 5.11 Å². The molecule has 0 amide bonds. The minimum Gasteiger partial charge on any atom is -0.477 e. The van der Waals surface area contributed by atoms with Gasteiger partial charge in [0.15, 0.2) is 0 Å². The third-order valence-corrected chi connectivity index (χ3v) is 5.44. The van der Waals surface area contributed by atoms with Crippen LogP contribution >= 0.6 is 11.3 Å². The van der Waals surface area contributed by atoms with E-state index in [0.717, 1.165) is 15.6 Å². The van der Waals surface area contributed by atoms with E-state index in [9.17, 15) is 13.2 Å². The van der Waals surface area contributed by atoms with Crippen LogP contribution in [-0.4, -0.2) is 26.5 Å². The summed E-state index contributed by atoms with van der Waals surface area (Å²) in [5.41, 5.74) is 0.477. The summed E-state index contributed by atoms with van der Waals surface area (Å²) in [6.45, 7) is 0. The van der Waals surface area contributed by atoms with Gasteiger partial charge in [0, 0.05) is 7.05 Å². The average Bonchev–Trinajstić information content (AvgIpc) is 2.89. The summed E-state index contributed by atoms with van der Waals surface area (Å²) in [6.07, 6.45) is 0. The molecule has 100 valence electrons. The largest absolute Gasteiger partial charge is 0.477 e. The zero-order chi connectivity index (χ0) is 14.0. The molecule has 1 aromatic heterocycles. The van der Waals surface area contributed by atoms with Gasteiger partial charge in [0.05, 0.1) is 5.69 Å². The van der Waals surface area contributed by atoms with Gasteiger partial charge >= 0.3 is 5.97 Å². The Labute approximate surface area is 114 Å². The van der Waals surface area contributed by atoms with Crippen molar-refractivity contribution < 1.29 is 18.3 Å². The van der Waals surface area contributed by atoms with Crippen LogP contribution in [0.2, 0.25) is 0 Å². The van der Waals surface area contributed by atoms with E-state index in [4.69, 9.17) is 5.11 Å². The third kappa shape index (κ3) is 2.47. The van der Waals surface area contributed by atoms with Crippen LogP contribution in [0.3, 0.4) is 0 Å². The fourth-order valence-corrected chi connectivity index (χ4v) is 4.01. The summed E-state index contributed by atoms with van der Waals surface area (Å²) in [6, 6.07) is 9.80. The number of thiophene rings is 1. The van der Waals surface area contributed by atoms with Crippen molar-refractivity contribution in [3.63, 3.8) is 0 Å². The molecule has 0 fully saturated rings. The first-order chi connectivity index (χ1) is 8.94. The number of carbonyl (C=O) groups is 1. The van der Waals surface area contributed by atoms with Crippen molar-refractivity contribution in [3.8, 4) is 0 Å². The van der Waals surface area contributed by atoms with Crippen LogP contribution in [0, 0.1) is 0 Å². The van der Waals surface area contributed by atoms with Crippen LogP contribution in [0.1, 0.15) is 9.67 Å². The van der Waals surface area contributed by atoms with Crippen LogP contribution in [0.4, 0.5) is 5.69 Å². The molecule has 5 nitrogen and oxygen atoms in total. The van der Waals surface area contributed by atoms with E-state index in [1.165, 1.54) is 18.5 Å². The number of carboxylic acids is 1. The lowest BCUT2D eigenvalue weighted by molar-refractivity contribution is 0.0698. The predicted molar refractivity (Wildman–Crippen MR) is 73.3 cm³/mol. The van der Waals surface area contributed by atoms with Gasteiger partial charge in [0.1, 0.15) is 9.77 Å². The summed E-state index contributed by atoms with van der Waals surface area (Å²) >= 11 is 0.892. The summed E-state index contributed by atoms with van der Waals surface area (Å²) in [4.78, 5) is 10.7. The third-order valence-electron chi connectivity index (χ3n) is 2.58. The van der Waals surface area contributed by atoms with Crippen LogP contribution in [0.15, 0.2) is 46.7 Å². The maximum absolute atomic E-state index is 12.4. The Morgan fingerprint density at radius 2 is 1.84 bits per heavy atom. The number of rotatable bonds is 4. The van der Waals surface area contributed by atoms with Gasteiger partial charge in [-0.25, -0.2) is 13.2 Å². The second-order valence-electron chi connectivity index (χ2n) is 3.73. The summed E-state index contributed by atoms with van der Waals surface area (Å²) in [5.74, 6) is -1.24. The van der Waals surface area contributed by atoms with Gasteiger partial charge in [-0.1, -0.05) is 18.2 Å². The molecular weight excluding hydrogens is 286 g/mol. The lowest BCUT2D eigenvalue weighted by Crippen LogP contribution is -2.27. The second kappa shape index (κ2) is 5.02. The molecule has 2 rings (SSSR count). The highest BCUT2D eigenvalue weighted by Crippen LogP contribution is 2.27. The molecule has 1 heterocycles.